The van der Waals surface area contributed by atoms with Crippen molar-refractivity contribution in [2.24, 2.45) is 0 Å². The third kappa shape index (κ3) is 4.12. The van der Waals surface area contributed by atoms with Crippen LogP contribution in [0.4, 0.5) is 0 Å². The first-order chi connectivity index (χ1) is 8.78. The molecule has 18 heavy (non-hydrogen) atoms. The van der Waals surface area contributed by atoms with Crippen molar-refractivity contribution in [3.63, 3.8) is 0 Å². The Labute approximate surface area is 117 Å². The second kappa shape index (κ2) is 6.92. The molecule has 0 aliphatic rings. The molecule has 1 N–H and O–H groups in total. The van der Waals surface area contributed by atoms with Gasteiger partial charge in [0.1, 0.15) is 0 Å². The molecule has 0 atom stereocenters. The van der Waals surface area contributed by atoms with Crippen LogP contribution in [-0.2, 0) is 6.54 Å². The van der Waals surface area contributed by atoms with Gasteiger partial charge in [-0.3, -0.25) is 0 Å². The number of hydrogen-bond donors (Lipinski definition) is 1. The van der Waals surface area contributed by atoms with Gasteiger partial charge in [-0.25, -0.2) is 4.98 Å². The lowest BCUT2D eigenvalue weighted by atomic mass is 10.2. The maximum absolute atomic E-state index is 4.46. The monoisotopic (exact) mass is 278 g/mol. The summed E-state index contributed by atoms with van der Waals surface area (Å²) in [5, 5.41) is 5.50. The molecule has 96 valence electrons. The van der Waals surface area contributed by atoms with E-state index in [0.29, 0.717) is 0 Å². The first kappa shape index (κ1) is 13.6. The lowest BCUT2D eigenvalue weighted by molar-refractivity contribution is 0.675. The predicted octanol–water partition coefficient (Wildman–Crippen LogP) is 4.10. The smallest absolute Gasteiger partial charge is 0.154 e. The summed E-state index contributed by atoms with van der Waals surface area (Å²) in [6, 6.07) is 8.71. The van der Waals surface area contributed by atoms with Crippen LogP contribution in [0.5, 0.6) is 0 Å². The van der Waals surface area contributed by atoms with Crippen LogP contribution in [0.25, 0.3) is 0 Å². The zero-order chi connectivity index (χ0) is 12.8. The fourth-order valence-electron chi connectivity index (χ4n) is 1.56. The third-order valence-electron chi connectivity index (χ3n) is 2.48. The van der Waals surface area contributed by atoms with E-state index in [4.69, 9.17) is 0 Å². The van der Waals surface area contributed by atoms with Crippen LogP contribution in [0.15, 0.2) is 38.9 Å². The molecule has 0 amide bonds. The highest BCUT2D eigenvalue weighted by Gasteiger charge is 2.01. The minimum atomic E-state index is 0.954. The summed E-state index contributed by atoms with van der Waals surface area (Å²) < 4.78 is 1.12. The number of benzene rings is 1. The molecule has 0 fully saturated rings. The second-order valence-corrected chi connectivity index (χ2v) is 6.36. The second-order valence-electron chi connectivity index (χ2n) is 4.18. The molecule has 2 nitrogen and oxygen atoms in total. The average molecular weight is 278 g/mol. The van der Waals surface area contributed by atoms with E-state index in [0.717, 1.165) is 23.1 Å². The first-order valence-electron chi connectivity index (χ1n) is 6.17. The first-order valence-corrected chi connectivity index (χ1v) is 7.87. The topological polar surface area (TPSA) is 24.9 Å². The Hall–Kier alpha value is -0.840. The summed E-state index contributed by atoms with van der Waals surface area (Å²) in [5.74, 6) is 0. The fourth-order valence-corrected chi connectivity index (χ4v) is 3.37. The highest BCUT2D eigenvalue weighted by molar-refractivity contribution is 8.01. The van der Waals surface area contributed by atoms with Gasteiger partial charge in [-0.05, 0) is 37.6 Å². The molecule has 0 spiro atoms. The van der Waals surface area contributed by atoms with Gasteiger partial charge in [-0.2, -0.15) is 0 Å². The molecular weight excluding hydrogens is 260 g/mol. The summed E-state index contributed by atoms with van der Waals surface area (Å²) in [6.45, 7) is 6.25. The van der Waals surface area contributed by atoms with E-state index in [1.165, 1.54) is 16.9 Å². The quantitative estimate of drug-likeness (QED) is 0.805. The number of nitrogens with zero attached hydrogens (tertiary/aromatic N) is 1. The SMILES string of the molecule is CCCNCc1ccc(Sc2nc(C)cs2)cc1. The van der Waals surface area contributed by atoms with E-state index >= 15 is 0 Å². The summed E-state index contributed by atoms with van der Waals surface area (Å²) >= 11 is 3.44. The Kier molecular flexibility index (Phi) is 5.23. The van der Waals surface area contributed by atoms with Gasteiger partial charge in [-0.1, -0.05) is 30.8 Å². The lowest BCUT2D eigenvalue weighted by Gasteiger charge is -2.04. The van der Waals surface area contributed by atoms with E-state index in [9.17, 15) is 0 Å². The maximum Gasteiger partial charge on any atom is 0.154 e. The number of aryl methyl sites for hydroxylation is 1. The number of thiazole rings is 1. The molecule has 1 heterocycles. The molecule has 1 aromatic carbocycles. The van der Waals surface area contributed by atoms with E-state index in [-0.39, 0.29) is 0 Å². The highest BCUT2D eigenvalue weighted by Crippen LogP contribution is 2.30. The molecule has 1 aromatic heterocycles. The zero-order valence-electron chi connectivity index (χ0n) is 10.8. The molecule has 0 saturated heterocycles. The van der Waals surface area contributed by atoms with Crippen molar-refractivity contribution in [1.82, 2.24) is 10.3 Å². The van der Waals surface area contributed by atoms with Crippen molar-refractivity contribution in [2.75, 3.05) is 6.54 Å². The van der Waals surface area contributed by atoms with Crippen molar-refractivity contribution in [1.29, 1.82) is 0 Å². The summed E-state index contributed by atoms with van der Waals surface area (Å²) in [6.07, 6.45) is 1.18. The normalized spacial score (nSPS) is 10.8. The molecule has 2 rings (SSSR count). The Bertz CT molecular complexity index is 477. The predicted molar refractivity (Wildman–Crippen MR) is 79.4 cm³/mol. The molecule has 0 saturated carbocycles. The van der Waals surface area contributed by atoms with Crippen molar-refractivity contribution < 1.29 is 0 Å². The van der Waals surface area contributed by atoms with Crippen molar-refractivity contribution >= 4 is 23.1 Å². The number of aromatic nitrogens is 1. The van der Waals surface area contributed by atoms with Crippen LogP contribution in [0.3, 0.4) is 0 Å². The van der Waals surface area contributed by atoms with Crippen LogP contribution in [0.2, 0.25) is 0 Å². The molecule has 0 radical (unpaired) electrons. The molecule has 0 aliphatic carbocycles. The lowest BCUT2D eigenvalue weighted by Crippen LogP contribution is -2.13. The van der Waals surface area contributed by atoms with Gasteiger partial charge in [0.2, 0.25) is 0 Å². The van der Waals surface area contributed by atoms with E-state index in [1.54, 1.807) is 23.1 Å². The third-order valence-corrected chi connectivity index (χ3v) is 4.55. The minimum Gasteiger partial charge on any atom is -0.313 e. The molecule has 4 heteroatoms. The average Bonchev–Trinajstić information content (AvgIpc) is 2.77. The van der Waals surface area contributed by atoms with Crippen LogP contribution < -0.4 is 5.32 Å². The number of hydrogen-bond acceptors (Lipinski definition) is 4. The maximum atomic E-state index is 4.46. The van der Waals surface area contributed by atoms with Crippen LogP contribution in [0.1, 0.15) is 24.6 Å². The molecule has 0 bridgehead atoms. The highest BCUT2D eigenvalue weighted by atomic mass is 32.2. The zero-order valence-corrected chi connectivity index (χ0v) is 12.4. The molecular formula is C14H18N2S2. The van der Waals surface area contributed by atoms with Gasteiger partial charge in [0.15, 0.2) is 4.34 Å². The molecule has 2 aromatic rings. The van der Waals surface area contributed by atoms with Gasteiger partial charge >= 0.3 is 0 Å². The Morgan fingerprint density at radius 1 is 1.28 bits per heavy atom. The Morgan fingerprint density at radius 2 is 2.06 bits per heavy atom. The van der Waals surface area contributed by atoms with Gasteiger partial charge in [0, 0.05) is 22.5 Å². The Balaban J connectivity index is 1.91. The Morgan fingerprint density at radius 3 is 2.67 bits per heavy atom. The van der Waals surface area contributed by atoms with Crippen molar-refractivity contribution in [3.8, 4) is 0 Å². The van der Waals surface area contributed by atoms with Gasteiger partial charge in [0.25, 0.3) is 0 Å². The van der Waals surface area contributed by atoms with Gasteiger partial charge < -0.3 is 5.32 Å². The van der Waals surface area contributed by atoms with Crippen LogP contribution in [0, 0.1) is 6.92 Å². The summed E-state index contributed by atoms with van der Waals surface area (Å²) in [4.78, 5) is 5.71. The number of nitrogens with one attached hydrogen (secondary N) is 1. The van der Waals surface area contributed by atoms with Crippen molar-refractivity contribution in [2.45, 2.75) is 36.0 Å². The summed E-state index contributed by atoms with van der Waals surface area (Å²) in [7, 11) is 0. The van der Waals surface area contributed by atoms with E-state index < -0.39 is 0 Å². The minimum absolute atomic E-state index is 0.954. The van der Waals surface area contributed by atoms with Crippen LogP contribution >= 0.6 is 23.1 Å². The number of rotatable bonds is 6. The van der Waals surface area contributed by atoms with E-state index in [2.05, 4.69) is 46.9 Å². The molecule has 0 unspecified atom stereocenters. The van der Waals surface area contributed by atoms with Gasteiger partial charge in [0.05, 0.1) is 0 Å². The van der Waals surface area contributed by atoms with Crippen LogP contribution in [-0.4, -0.2) is 11.5 Å². The van der Waals surface area contributed by atoms with E-state index in [1.807, 2.05) is 6.92 Å². The summed E-state index contributed by atoms with van der Waals surface area (Å²) in [5.41, 5.74) is 2.44. The van der Waals surface area contributed by atoms with Gasteiger partial charge in [-0.15, -0.1) is 11.3 Å². The standard InChI is InChI=1S/C14H18N2S2/c1-3-8-15-9-12-4-6-13(7-5-12)18-14-16-11(2)10-17-14/h4-7,10,15H,3,8-9H2,1-2H3. The molecule has 0 aliphatic heterocycles. The van der Waals surface area contributed by atoms with Crippen molar-refractivity contribution in [3.05, 3.63) is 40.9 Å². The largest absolute Gasteiger partial charge is 0.313 e. The fraction of sp³-hybridized carbons (Fsp3) is 0.357.